The molecule has 10 heteroatoms. The Kier molecular flexibility index (Phi) is 5.13. The van der Waals surface area contributed by atoms with Crippen LogP contribution in [0.15, 0.2) is 40.9 Å². The van der Waals surface area contributed by atoms with Gasteiger partial charge in [-0.25, -0.2) is 0 Å². The summed E-state index contributed by atoms with van der Waals surface area (Å²) in [7, 11) is 0. The van der Waals surface area contributed by atoms with Gasteiger partial charge in [0, 0.05) is 28.8 Å². The van der Waals surface area contributed by atoms with Gasteiger partial charge in [0.25, 0.3) is 0 Å². The highest BCUT2D eigenvalue weighted by molar-refractivity contribution is 9.10. The van der Waals surface area contributed by atoms with Gasteiger partial charge in [-0.05, 0) is 28.1 Å². The minimum Gasteiger partial charge on any atom is -0.493 e. The van der Waals surface area contributed by atoms with Gasteiger partial charge >= 0.3 is 18.1 Å². The van der Waals surface area contributed by atoms with E-state index in [1.54, 1.807) is 18.2 Å². The van der Waals surface area contributed by atoms with E-state index >= 15 is 0 Å². The Balaban J connectivity index is 1.75. The van der Waals surface area contributed by atoms with Gasteiger partial charge in [0.2, 0.25) is 0 Å². The molecular formula is C20H15BrF3NO5. The topological polar surface area (TPSA) is 76.1 Å². The van der Waals surface area contributed by atoms with Crippen LogP contribution in [0.3, 0.4) is 0 Å². The molecule has 0 aliphatic carbocycles. The Hall–Kier alpha value is -2.75. The summed E-state index contributed by atoms with van der Waals surface area (Å²) in [4.78, 5) is 24.0. The molecular weight excluding hydrogens is 471 g/mol. The number of benzene rings is 2. The van der Waals surface area contributed by atoms with Crippen molar-refractivity contribution in [3.63, 3.8) is 0 Å². The number of carboxylic acids is 1. The third-order valence-electron chi connectivity index (χ3n) is 5.09. The van der Waals surface area contributed by atoms with Crippen LogP contribution >= 0.6 is 15.9 Å². The number of ether oxygens (including phenoxy) is 2. The first-order valence-corrected chi connectivity index (χ1v) is 9.76. The molecule has 4 rings (SSSR count). The lowest BCUT2D eigenvalue weighted by atomic mass is 9.97. The second kappa shape index (κ2) is 7.50. The number of aliphatic carboxylic acids is 1. The molecule has 2 heterocycles. The van der Waals surface area contributed by atoms with E-state index in [0.29, 0.717) is 26.2 Å². The number of hydrogen-bond acceptors (Lipinski definition) is 4. The van der Waals surface area contributed by atoms with E-state index in [1.165, 1.54) is 18.2 Å². The first kappa shape index (κ1) is 20.5. The molecule has 2 aliphatic heterocycles. The van der Waals surface area contributed by atoms with Crippen LogP contribution < -0.4 is 14.4 Å². The maximum Gasteiger partial charge on any atom is 0.471 e. The molecule has 0 radical (unpaired) electrons. The molecule has 30 heavy (non-hydrogen) atoms. The number of alkyl halides is 3. The Labute approximate surface area is 177 Å². The van der Waals surface area contributed by atoms with Crippen LogP contribution in [0.5, 0.6) is 11.5 Å². The molecule has 2 atom stereocenters. The zero-order chi connectivity index (χ0) is 21.6. The summed E-state index contributed by atoms with van der Waals surface area (Å²) in [5.41, 5.74) is 1.03. The maximum absolute atomic E-state index is 13.4. The molecule has 2 aromatic rings. The van der Waals surface area contributed by atoms with Crippen molar-refractivity contribution >= 4 is 33.5 Å². The second-order valence-electron chi connectivity index (χ2n) is 6.99. The van der Waals surface area contributed by atoms with Crippen LogP contribution in [-0.2, 0) is 9.59 Å². The van der Waals surface area contributed by atoms with Crippen molar-refractivity contribution in [1.29, 1.82) is 0 Å². The van der Waals surface area contributed by atoms with Crippen molar-refractivity contribution in [3.8, 4) is 11.5 Å². The quantitative estimate of drug-likeness (QED) is 0.693. The SMILES string of the molecule is O=C(O)C[C@@H]1COc2cc(N(C(=O)C(F)(F)F)[C@@H]3COc4c(Br)cccc43)ccc21. The predicted molar refractivity (Wildman–Crippen MR) is 103 cm³/mol. The van der Waals surface area contributed by atoms with Crippen LogP contribution in [0, 0.1) is 0 Å². The van der Waals surface area contributed by atoms with Crippen LogP contribution in [0.4, 0.5) is 18.9 Å². The van der Waals surface area contributed by atoms with E-state index in [9.17, 15) is 22.8 Å². The van der Waals surface area contributed by atoms with E-state index in [2.05, 4.69) is 15.9 Å². The zero-order valence-electron chi connectivity index (χ0n) is 15.3. The minimum atomic E-state index is -5.10. The molecule has 2 aliphatic rings. The normalized spacial score (nSPS) is 19.5. The number of nitrogens with zero attached hydrogens (tertiary/aromatic N) is 1. The summed E-state index contributed by atoms with van der Waals surface area (Å²) in [6.45, 7) is -0.0278. The van der Waals surface area contributed by atoms with Gasteiger partial charge < -0.3 is 14.6 Å². The molecule has 0 bridgehead atoms. The summed E-state index contributed by atoms with van der Waals surface area (Å²) in [5.74, 6) is -2.76. The summed E-state index contributed by atoms with van der Waals surface area (Å²) in [5, 5.41) is 9.01. The fourth-order valence-corrected chi connectivity index (χ4v) is 4.27. The van der Waals surface area contributed by atoms with Crippen molar-refractivity contribution in [1.82, 2.24) is 0 Å². The Morgan fingerprint density at radius 1 is 1.13 bits per heavy atom. The monoisotopic (exact) mass is 485 g/mol. The second-order valence-corrected chi connectivity index (χ2v) is 7.84. The van der Waals surface area contributed by atoms with Gasteiger partial charge in [-0.1, -0.05) is 18.2 Å². The molecule has 1 amide bonds. The average Bonchev–Trinajstić information content (AvgIpc) is 3.26. The number of carboxylic acid groups (broad SMARTS) is 1. The maximum atomic E-state index is 13.4. The number of carbonyl (C=O) groups is 2. The van der Waals surface area contributed by atoms with Crippen LogP contribution in [0.2, 0.25) is 0 Å². The molecule has 0 unspecified atom stereocenters. The standard InChI is InChI=1S/C20H15BrF3NO5/c21-14-3-1-2-13-15(9-30-18(13)14)25(19(28)20(22,23)24)11-4-5-12-10(6-17(26)27)8-29-16(12)7-11/h1-5,7,10,15H,6,8-9H2,(H,26,27)/t10-,15-/m1/s1. The largest absolute Gasteiger partial charge is 0.493 e. The van der Waals surface area contributed by atoms with E-state index in [-0.39, 0.29) is 31.1 Å². The van der Waals surface area contributed by atoms with Crippen LogP contribution in [0.25, 0.3) is 0 Å². The van der Waals surface area contributed by atoms with E-state index in [4.69, 9.17) is 14.6 Å². The van der Waals surface area contributed by atoms with Gasteiger partial charge in [0.1, 0.15) is 18.1 Å². The number of anilines is 1. The molecule has 0 aromatic heterocycles. The van der Waals surface area contributed by atoms with Crippen molar-refractivity contribution in [3.05, 3.63) is 52.0 Å². The molecule has 0 saturated heterocycles. The number of para-hydroxylation sites is 1. The van der Waals surface area contributed by atoms with Gasteiger partial charge in [0.05, 0.1) is 23.5 Å². The zero-order valence-corrected chi connectivity index (χ0v) is 16.9. The lowest BCUT2D eigenvalue weighted by Crippen LogP contribution is -2.44. The van der Waals surface area contributed by atoms with Crippen molar-refractivity contribution < 1.29 is 37.3 Å². The highest BCUT2D eigenvalue weighted by atomic mass is 79.9. The fourth-order valence-electron chi connectivity index (χ4n) is 3.78. The van der Waals surface area contributed by atoms with Gasteiger partial charge in [0.15, 0.2) is 0 Å². The Bertz CT molecular complexity index is 1030. The first-order valence-electron chi connectivity index (χ1n) is 8.97. The van der Waals surface area contributed by atoms with Gasteiger partial charge in [-0.2, -0.15) is 13.2 Å². The summed E-state index contributed by atoms with van der Waals surface area (Å²) >= 11 is 3.30. The number of hydrogen-bond donors (Lipinski definition) is 1. The summed E-state index contributed by atoms with van der Waals surface area (Å²) < 4.78 is 51.9. The summed E-state index contributed by atoms with van der Waals surface area (Å²) in [6.07, 6.45) is -5.25. The van der Waals surface area contributed by atoms with E-state index in [1.807, 2.05) is 0 Å². The lowest BCUT2D eigenvalue weighted by Gasteiger charge is -2.29. The van der Waals surface area contributed by atoms with E-state index in [0.717, 1.165) is 0 Å². The number of carbonyl (C=O) groups excluding carboxylic acids is 1. The molecule has 0 fully saturated rings. The molecule has 2 aromatic carbocycles. The molecule has 0 spiro atoms. The highest BCUT2D eigenvalue weighted by Crippen LogP contribution is 2.45. The van der Waals surface area contributed by atoms with Crippen LogP contribution in [-0.4, -0.2) is 36.4 Å². The molecule has 6 nitrogen and oxygen atoms in total. The molecule has 0 saturated carbocycles. The number of halogens is 4. The Morgan fingerprint density at radius 3 is 2.60 bits per heavy atom. The average molecular weight is 486 g/mol. The van der Waals surface area contributed by atoms with E-state index < -0.39 is 30.0 Å². The number of fused-ring (bicyclic) bond motifs is 2. The molecule has 158 valence electrons. The predicted octanol–water partition coefficient (Wildman–Crippen LogP) is 4.43. The third-order valence-corrected chi connectivity index (χ3v) is 5.72. The highest BCUT2D eigenvalue weighted by Gasteiger charge is 2.48. The minimum absolute atomic E-state index is 0.00604. The van der Waals surface area contributed by atoms with Crippen molar-refractivity contribution in [2.24, 2.45) is 0 Å². The van der Waals surface area contributed by atoms with Gasteiger partial charge in [-0.3, -0.25) is 14.5 Å². The smallest absolute Gasteiger partial charge is 0.471 e. The first-order chi connectivity index (χ1) is 14.2. The summed E-state index contributed by atoms with van der Waals surface area (Å²) in [6, 6.07) is 8.21. The molecule has 1 N–H and O–H groups in total. The van der Waals surface area contributed by atoms with Crippen LogP contribution in [0.1, 0.15) is 29.5 Å². The number of amides is 1. The van der Waals surface area contributed by atoms with Crippen molar-refractivity contribution in [2.75, 3.05) is 18.1 Å². The fraction of sp³-hybridized carbons (Fsp3) is 0.300. The Morgan fingerprint density at radius 2 is 1.90 bits per heavy atom. The number of rotatable bonds is 4. The van der Waals surface area contributed by atoms with Gasteiger partial charge in [-0.15, -0.1) is 0 Å². The third kappa shape index (κ3) is 3.60. The van der Waals surface area contributed by atoms with Crippen molar-refractivity contribution in [2.45, 2.75) is 24.6 Å². The lowest BCUT2D eigenvalue weighted by molar-refractivity contribution is -0.171.